The molecule has 126 valence electrons. The zero-order chi connectivity index (χ0) is 17.6. The Kier molecular flexibility index (Phi) is 5.70. The number of aliphatic hydroxyl groups excluding tert-OH is 1. The van der Waals surface area contributed by atoms with Crippen LogP contribution in [0.5, 0.6) is 0 Å². The Hall–Kier alpha value is -2.67. The van der Waals surface area contributed by atoms with Gasteiger partial charge in [0.05, 0.1) is 11.7 Å². The fourth-order valence-corrected chi connectivity index (χ4v) is 1.94. The number of pyridine rings is 1. The predicted molar refractivity (Wildman–Crippen MR) is 82.7 cm³/mol. The fourth-order valence-electron chi connectivity index (χ4n) is 1.94. The number of benzene rings is 1. The van der Waals surface area contributed by atoms with Gasteiger partial charge in [-0.05, 0) is 35.4 Å². The summed E-state index contributed by atoms with van der Waals surface area (Å²) in [4.78, 5) is 15.6. The Morgan fingerprint density at radius 2 is 2.08 bits per heavy atom. The monoisotopic (exact) mass is 336 g/mol. The molecule has 2 rings (SSSR count). The number of nitrogens with one attached hydrogen (secondary N) is 1. The standard InChI is InChI=1S/C17H15F3N2O2/c18-17(19,20)14-5-1-4-13(9-14)15(23)11-22-16(24)7-6-12-3-2-8-21-10-12/h1-10,15,23H,11H2,(H,22,24)/b7-6+. The molecular formula is C17H15F3N2O2. The summed E-state index contributed by atoms with van der Waals surface area (Å²) >= 11 is 0. The first-order chi connectivity index (χ1) is 11.4. The number of aromatic nitrogens is 1. The lowest BCUT2D eigenvalue weighted by Crippen LogP contribution is -2.26. The highest BCUT2D eigenvalue weighted by Gasteiger charge is 2.30. The second kappa shape index (κ2) is 7.74. The number of hydrogen-bond acceptors (Lipinski definition) is 3. The zero-order valence-corrected chi connectivity index (χ0v) is 12.5. The van der Waals surface area contributed by atoms with E-state index < -0.39 is 23.8 Å². The van der Waals surface area contributed by atoms with Gasteiger partial charge in [0.25, 0.3) is 0 Å². The number of aliphatic hydroxyl groups is 1. The summed E-state index contributed by atoms with van der Waals surface area (Å²) in [5.41, 5.74) is -0.0331. The molecule has 0 aliphatic carbocycles. The molecule has 2 N–H and O–H groups in total. The molecule has 0 fully saturated rings. The smallest absolute Gasteiger partial charge is 0.387 e. The van der Waals surface area contributed by atoms with E-state index in [-0.39, 0.29) is 12.1 Å². The van der Waals surface area contributed by atoms with Crippen molar-refractivity contribution in [2.24, 2.45) is 0 Å². The highest BCUT2D eigenvalue weighted by molar-refractivity contribution is 5.91. The molecule has 1 heterocycles. The van der Waals surface area contributed by atoms with Crippen LogP contribution in [0, 0.1) is 0 Å². The molecule has 1 atom stereocenters. The summed E-state index contributed by atoms with van der Waals surface area (Å²) < 4.78 is 37.9. The Morgan fingerprint density at radius 1 is 1.29 bits per heavy atom. The van der Waals surface area contributed by atoms with E-state index in [4.69, 9.17) is 0 Å². The third-order valence-electron chi connectivity index (χ3n) is 3.18. The van der Waals surface area contributed by atoms with Crippen molar-refractivity contribution in [3.05, 3.63) is 71.6 Å². The number of carbonyl (C=O) groups is 1. The number of alkyl halides is 3. The maximum absolute atomic E-state index is 12.6. The van der Waals surface area contributed by atoms with Gasteiger partial charge in [0.2, 0.25) is 5.91 Å². The number of nitrogens with zero attached hydrogens (tertiary/aromatic N) is 1. The molecule has 0 aliphatic heterocycles. The van der Waals surface area contributed by atoms with Crippen LogP contribution in [0.3, 0.4) is 0 Å². The van der Waals surface area contributed by atoms with Gasteiger partial charge in [-0.3, -0.25) is 9.78 Å². The van der Waals surface area contributed by atoms with Crippen molar-refractivity contribution in [1.82, 2.24) is 10.3 Å². The van der Waals surface area contributed by atoms with E-state index in [9.17, 15) is 23.1 Å². The first-order valence-electron chi connectivity index (χ1n) is 7.07. The normalized spacial score (nSPS) is 13.0. The van der Waals surface area contributed by atoms with Crippen LogP contribution in [-0.4, -0.2) is 22.5 Å². The van der Waals surface area contributed by atoms with Crippen LogP contribution in [0.2, 0.25) is 0 Å². The van der Waals surface area contributed by atoms with Crippen LogP contribution in [0.1, 0.15) is 22.8 Å². The zero-order valence-electron chi connectivity index (χ0n) is 12.5. The first kappa shape index (κ1) is 17.7. The second-order valence-electron chi connectivity index (χ2n) is 5.00. The summed E-state index contributed by atoms with van der Waals surface area (Å²) in [5.74, 6) is -0.468. The van der Waals surface area contributed by atoms with Gasteiger partial charge in [0, 0.05) is 25.0 Å². The number of carbonyl (C=O) groups excluding carboxylic acids is 1. The average Bonchev–Trinajstić information content (AvgIpc) is 2.58. The van der Waals surface area contributed by atoms with Crippen molar-refractivity contribution in [2.45, 2.75) is 12.3 Å². The van der Waals surface area contributed by atoms with Crippen molar-refractivity contribution in [1.29, 1.82) is 0 Å². The first-order valence-corrected chi connectivity index (χ1v) is 7.07. The van der Waals surface area contributed by atoms with Crippen LogP contribution >= 0.6 is 0 Å². The molecule has 0 radical (unpaired) electrons. The van der Waals surface area contributed by atoms with Crippen molar-refractivity contribution in [3.63, 3.8) is 0 Å². The third kappa shape index (κ3) is 5.20. The quantitative estimate of drug-likeness (QED) is 0.825. The van der Waals surface area contributed by atoms with Crippen molar-refractivity contribution in [3.8, 4) is 0 Å². The van der Waals surface area contributed by atoms with E-state index >= 15 is 0 Å². The van der Waals surface area contributed by atoms with Crippen LogP contribution in [0.15, 0.2) is 54.9 Å². The summed E-state index contributed by atoms with van der Waals surface area (Å²) in [6.07, 6.45) is 0.257. The Labute approximate surface area is 136 Å². The van der Waals surface area contributed by atoms with Crippen molar-refractivity contribution < 1.29 is 23.1 Å². The Balaban J connectivity index is 1.92. The molecule has 0 saturated heterocycles. The van der Waals surface area contributed by atoms with Gasteiger partial charge in [0.1, 0.15) is 0 Å². The lowest BCUT2D eigenvalue weighted by atomic mass is 10.1. The molecule has 1 amide bonds. The SMILES string of the molecule is O=C(/C=C/c1cccnc1)NCC(O)c1cccc(C(F)(F)F)c1. The maximum atomic E-state index is 12.6. The minimum atomic E-state index is -4.48. The van der Waals surface area contributed by atoms with Gasteiger partial charge in [-0.15, -0.1) is 0 Å². The van der Waals surface area contributed by atoms with Crippen LogP contribution in [0.4, 0.5) is 13.2 Å². The molecule has 0 spiro atoms. The molecule has 1 unspecified atom stereocenters. The predicted octanol–water partition coefficient (Wildman–Crippen LogP) is 2.96. The van der Waals surface area contributed by atoms with Crippen molar-refractivity contribution >= 4 is 12.0 Å². The Bertz CT molecular complexity index is 715. The largest absolute Gasteiger partial charge is 0.416 e. The minimum Gasteiger partial charge on any atom is -0.387 e. The van der Waals surface area contributed by atoms with Crippen LogP contribution in [-0.2, 0) is 11.0 Å². The minimum absolute atomic E-state index is 0.0846. The average molecular weight is 336 g/mol. The topological polar surface area (TPSA) is 62.2 Å². The molecule has 4 nitrogen and oxygen atoms in total. The lowest BCUT2D eigenvalue weighted by molar-refractivity contribution is -0.137. The molecule has 2 aromatic rings. The summed E-state index contributed by atoms with van der Waals surface area (Å²) in [6.45, 7) is -0.197. The van der Waals surface area contributed by atoms with Crippen LogP contribution < -0.4 is 5.32 Å². The number of rotatable bonds is 5. The molecule has 7 heteroatoms. The van der Waals surface area contributed by atoms with Gasteiger partial charge in [-0.25, -0.2) is 0 Å². The Morgan fingerprint density at radius 3 is 2.75 bits per heavy atom. The van der Waals surface area contributed by atoms with E-state index in [0.717, 1.165) is 17.7 Å². The van der Waals surface area contributed by atoms with E-state index in [0.29, 0.717) is 0 Å². The van der Waals surface area contributed by atoms with Crippen molar-refractivity contribution in [2.75, 3.05) is 6.54 Å². The molecule has 1 aromatic heterocycles. The van der Waals surface area contributed by atoms with E-state index in [2.05, 4.69) is 10.3 Å². The molecule has 24 heavy (non-hydrogen) atoms. The highest BCUT2D eigenvalue weighted by atomic mass is 19.4. The van der Waals surface area contributed by atoms with Gasteiger partial charge >= 0.3 is 6.18 Å². The number of halogens is 3. The van der Waals surface area contributed by atoms with E-state index in [1.807, 2.05) is 0 Å². The lowest BCUT2D eigenvalue weighted by Gasteiger charge is -2.14. The molecule has 0 bridgehead atoms. The molecule has 1 aromatic carbocycles. The molecule has 0 saturated carbocycles. The second-order valence-corrected chi connectivity index (χ2v) is 5.00. The third-order valence-corrected chi connectivity index (χ3v) is 3.18. The number of amides is 1. The van der Waals surface area contributed by atoms with Gasteiger partial charge < -0.3 is 10.4 Å². The number of hydrogen-bond donors (Lipinski definition) is 2. The van der Waals surface area contributed by atoms with Gasteiger partial charge in [-0.2, -0.15) is 13.2 Å². The van der Waals surface area contributed by atoms with E-state index in [1.54, 1.807) is 30.6 Å². The molecular weight excluding hydrogens is 321 g/mol. The van der Waals surface area contributed by atoms with Crippen LogP contribution in [0.25, 0.3) is 6.08 Å². The van der Waals surface area contributed by atoms with Gasteiger partial charge in [-0.1, -0.05) is 18.2 Å². The summed E-state index contributed by atoms with van der Waals surface area (Å²) in [5, 5.41) is 12.4. The maximum Gasteiger partial charge on any atom is 0.416 e. The molecule has 0 aliphatic rings. The van der Waals surface area contributed by atoms with Gasteiger partial charge in [0.15, 0.2) is 0 Å². The summed E-state index contributed by atoms with van der Waals surface area (Å²) in [7, 11) is 0. The highest BCUT2D eigenvalue weighted by Crippen LogP contribution is 2.30. The fraction of sp³-hybridized carbons (Fsp3) is 0.176. The van der Waals surface area contributed by atoms with E-state index in [1.165, 1.54) is 18.2 Å². The summed E-state index contributed by atoms with van der Waals surface area (Å²) in [6, 6.07) is 7.85.